The van der Waals surface area contributed by atoms with Gasteiger partial charge in [0.25, 0.3) is 0 Å². The summed E-state index contributed by atoms with van der Waals surface area (Å²) >= 11 is 0. The molecule has 0 aliphatic heterocycles. The number of carboxylic acid groups (broad SMARTS) is 1. The number of primary amides is 1. The van der Waals surface area contributed by atoms with E-state index in [0.717, 1.165) is 6.42 Å². The smallest absolute Gasteiger partial charge is 0.326 e. The van der Waals surface area contributed by atoms with E-state index in [1.54, 1.807) is 0 Å². The highest BCUT2D eigenvalue weighted by Crippen LogP contribution is 2.05. The van der Waals surface area contributed by atoms with E-state index in [0.29, 0.717) is 38.8 Å². The minimum atomic E-state index is -1.47. The molecule has 0 aliphatic carbocycles. The van der Waals surface area contributed by atoms with E-state index in [1.807, 2.05) is 0 Å². The summed E-state index contributed by atoms with van der Waals surface area (Å²) in [6.07, 6.45) is 2.70. The number of carbonyl (C=O) groups is 4. The Morgan fingerprint density at radius 2 is 1.33 bits per heavy atom. The molecule has 3 amide bonds. The summed E-state index contributed by atoms with van der Waals surface area (Å²) in [4.78, 5) is 46.8. The molecule has 0 unspecified atom stereocenters. The van der Waals surface area contributed by atoms with Crippen molar-refractivity contribution in [3.8, 4) is 0 Å². The average molecular weight is 388 g/mol. The van der Waals surface area contributed by atoms with E-state index in [1.165, 1.54) is 0 Å². The van der Waals surface area contributed by atoms with Gasteiger partial charge in [-0.1, -0.05) is 6.42 Å². The lowest BCUT2D eigenvalue weighted by molar-refractivity contribution is -0.143. The summed E-state index contributed by atoms with van der Waals surface area (Å²) in [5.41, 5.74) is 21.6. The summed E-state index contributed by atoms with van der Waals surface area (Å²) in [5.74, 6) is -3.49. The second kappa shape index (κ2) is 13.9. The van der Waals surface area contributed by atoms with Crippen LogP contribution in [0.1, 0.15) is 44.9 Å². The molecule has 0 fully saturated rings. The molecule has 0 bridgehead atoms. The zero-order chi connectivity index (χ0) is 20.8. The normalized spacial score (nSPS) is 14.0. The van der Waals surface area contributed by atoms with E-state index in [4.69, 9.17) is 28.0 Å². The number of carbonyl (C=O) groups excluding carboxylic acids is 3. The van der Waals surface area contributed by atoms with Crippen molar-refractivity contribution in [2.75, 3.05) is 13.1 Å². The molecule has 0 aromatic rings. The van der Waals surface area contributed by atoms with Crippen molar-refractivity contribution >= 4 is 23.7 Å². The number of nitrogens with one attached hydrogen (secondary N) is 2. The van der Waals surface area contributed by atoms with Gasteiger partial charge in [-0.15, -0.1) is 0 Å². The highest BCUT2D eigenvalue weighted by Gasteiger charge is 2.28. The molecule has 11 heteroatoms. The zero-order valence-electron chi connectivity index (χ0n) is 15.5. The van der Waals surface area contributed by atoms with E-state index >= 15 is 0 Å². The van der Waals surface area contributed by atoms with Crippen LogP contribution in [0.5, 0.6) is 0 Å². The van der Waals surface area contributed by atoms with Crippen LogP contribution in [0.25, 0.3) is 0 Å². The molecule has 0 aliphatic rings. The number of hydrogen-bond donors (Lipinski definition) is 7. The molecule has 0 heterocycles. The van der Waals surface area contributed by atoms with Gasteiger partial charge in [0.2, 0.25) is 17.7 Å². The van der Waals surface area contributed by atoms with Crippen LogP contribution < -0.4 is 33.6 Å². The molecule has 0 aromatic heterocycles. The molecule has 0 rings (SSSR count). The molecular formula is C16H32N6O5. The van der Waals surface area contributed by atoms with Gasteiger partial charge in [0.15, 0.2) is 0 Å². The summed E-state index contributed by atoms with van der Waals surface area (Å²) in [6.45, 7) is 0.912. The highest BCUT2D eigenvalue weighted by molar-refractivity contribution is 5.93. The molecule has 0 saturated carbocycles. The van der Waals surface area contributed by atoms with Crippen LogP contribution in [-0.2, 0) is 19.2 Å². The van der Waals surface area contributed by atoms with Crippen molar-refractivity contribution in [2.24, 2.45) is 22.9 Å². The van der Waals surface area contributed by atoms with Crippen LogP contribution in [-0.4, -0.2) is 60.0 Å². The van der Waals surface area contributed by atoms with Gasteiger partial charge in [-0.2, -0.15) is 0 Å². The van der Waals surface area contributed by atoms with Crippen molar-refractivity contribution in [1.82, 2.24) is 10.6 Å². The van der Waals surface area contributed by atoms with Crippen molar-refractivity contribution in [1.29, 1.82) is 0 Å². The summed E-state index contributed by atoms with van der Waals surface area (Å²) in [7, 11) is 0. The van der Waals surface area contributed by atoms with Gasteiger partial charge in [-0.25, -0.2) is 4.79 Å². The van der Waals surface area contributed by atoms with Crippen LogP contribution in [0.3, 0.4) is 0 Å². The molecule has 0 saturated heterocycles. The largest absolute Gasteiger partial charge is 0.480 e. The summed E-state index contributed by atoms with van der Waals surface area (Å²) in [6, 6.07) is -3.26. The quantitative estimate of drug-likeness (QED) is 0.148. The molecule has 3 atom stereocenters. The van der Waals surface area contributed by atoms with Crippen LogP contribution in [0.4, 0.5) is 0 Å². The lowest BCUT2D eigenvalue weighted by Crippen LogP contribution is -2.55. The first-order chi connectivity index (χ1) is 12.7. The lowest BCUT2D eigenvalue weighted by Gasteiger charge is -2.22. The number of nitrogens with two attached hydrogens (primary N) is 4. The third-order valence-corrected chi connectivity index (χ3v) is 3.91. The number of amides is 3. The minimum absolute atomic E-state index is 0.257. The molecular weight excluding hydrogens is 356 g/mol. The second-order valence-electron chi connectivity index (χ2n) is 6.31. The van der Waals surface area contributed by atoms with E-state index < -0.39 is 48.2 Å². The van der Waals surface area contributed by atoms with Gasteiger partial charge in [-0.05, 0) is 45.2 Å². The zero-order valence-corrected chi connectivity index (χ0v) is 15.5. The summed E-state index contributed by atoms with van der Waals surface area (Å²) in [5, 5.41) is 13.9. The Balaban J connectivity index is 4.93. The van der Waals surface area contributed by atoms with Crippen LogP contribution in [0, 0.1) is 0 Å². The second-order valence-corrected chi connectivity index (χ2v) is 6.31. The van der Waals surface area contributed by atoms with Gasteiger partial charge in [0.1, 0.15) is 12.1 Å². The first-order valence-corrected chi connectivity index (χ1v) is 9.00. The molecule has 0 spiro atoms. The van der Waals surface area contributed by atoms with E-state index in [9.17, 15) is 19.2 Å². The van der Waals surface area contributed by atoms with E-state index in [2.05, 4.69) is 10.6 Å². The Kier molecular flexibility index (Phi) is 12.7. The Hall–Kier alpha value is -2.24. The number of rotatable bonds is 15. The maximum absolute atomic E-state index is 12.4. The van der Waals surface area contributed by atoms with Gasteiger partial charge >= 0.3 is 5.97 Å². The average Bonchev–Trinajstić information content (AvgIpc) is 2.59. The fourth-order valence-corrected chi connectivity index (χ4v) is 2.35. The van der Waals surface area contributed by atoms with Crippen molar-refractivity contribution in [3.63, 3.8) is 0 Å². The van der Waals surface area contributed by atoms with Gasteiger partial charge in [0, 0.05) is 0 Å². The Labute approximate surface area is 158 Å². The predicted octanol–water partition coefficient (Wildman–Crippen LogP) is -2.50. The topological polar surface area (TPSA) is 217 Å². The lowest BCUT2D eigenvalue weighted by atomic mass is 10.1. The van der Waals surface area contributed by atoms with Crippen LogP contribution in [0.15, 0.2) is 0 Å². The highest BCUT2D eigenvalue weighted by atomic mass is 16.4. The number of aliphatic carboxylic acids is 1. The van der Waals surface area contributed by atoms with Crippen LogP contribution >= 0.6 is 0 Å². The summed E-state index contributed by atoms with van der Waals surface area (Å²) < 4.78 is 0. The molecule has 11 nitrogen and oxygen atoms in total. The Bertz CT molecular complexity index is 502. The first kappa shape index (κ1) is 24.8. The van der Waals surface area contributed by atoms with Gasteiger partial charge in [0.05, 0.1) is 12.5 Å². The third kappa shape index (κ3) is 11.2. The molecule has 156 valence electrons. The van der Waals surface area contributed by atoms with Crippen molar-refractivity contribution in [3.05, 3.63) is 0 Å². The molecule has 0 aromatic carbocycles. The number of unbranched alkanes of at least 4 members (excludes halogenated alkanes) is 2. The first-order valence-electron chi connectivity index (χ1n) is 9.00. The number of hydrogen-bond acceptors (Lipinski definition) is 7. The number of carboxylic acids is 1. The minimum Gasteiger partial charge on any atom is -0.480 e. The SMILES string of the molecule is NCCCC[C@H](N)C(=O)N[C@H](CCCCN)C(=O)N[C@H](CC(N)=O)C(=O)O. The monoisotopic (exact) mass is 388 g/mol. The standard InChI is InChI=1S/C16H32N6O5/c17-7-3-1-5-10(19)14(24)21-11(6-2-4-8-18)15(25)22-12(16(26)27)9-13(20)23/h10-12H,1-9,17-19H2,(H2,20,23)(H,21,24)(H,22,25)(H,26,27)/t10-,11+,12+/m0/s1. The Morgan fingerprint density at radius 3 is 1.81 bits per heavy atom. The van der Waals surface area contributed by atoms with Crippen LogP contribution in [0.2, 0.25) is 0 Å². The maximum atomic E-state index is 12.4. The fourth-order valence-electron chi connectivity index (χ4n) is 2.35. The predicted molar refractivity (Wildman–Crippen MR) is 99.1 cm³/mol. The molecule has 27 heavy (non-hydrogen) atoms. The van der Waals surface area contributed by atoms with Gasteiger partial charge in [-0.3, -0.25) is 14.4 Å². The van der Waals surface area contributed by atoms with E-state index in [-0.39, 0.29) is 6.42 Å². The van der Waals surface area contributed by atoms with Crippen molar-refractivity contribution in [2.45, 2.75) is 63.1 Å². The maximum Gasteiger partial charge on any atom is 0.326 e. The third-order valence-electron chi connectivity index (χ3n) is 3.91. The van der Waals surface area contributed by atoms with Crippen molar-refractivity contribution < 1.29 is 24.3 Å². The van der Waals surface area contributed by atoms with Gasteiger partial charge < -0.3 is 38.7 Å². The molecule has 0 radical (unpaired) electrons. The molecule has 11 N–H and O–H groups in total. The fraction of sp³-hybridized carbons (Fsp3) is 0.750. The Morgan fingerprint density at radius 1 is 0.815 bits per heavy atom.